The van der Waals surface area contributed by atoms with E-state index in [9.17, 15) is 0 Å². The molecule has 17 heavy (non-hydrogen) atoms. The molecule has 0 bridgehead atoms. The molecule has 1 saturated carbocycles. The van der Waals surface area contributed by atoms with Crippen LogP contribution in [0.2, 0.25) is 5.02 Å². The molecule has 1 aromatic heterocycles. The summed E-state index contributed by atoms with van der Waals surface area (Å²) in [5.74, 6) is 0.749. The minimum absolute atomic E-state index is 0.389. The molecule has 3 heteroatoms. The first-order valence-corrected chi connectivity index (χ1v) is 6.36. The molecule has 0 aliphatic heterocycles. The molecule has 1 aliphatic carbocycles. The highest BCUT2D eigenvalue weighted by molar-refractivity contribution is 6.30. The molecule has 2 nitrogen and oxygen atoms in total. The lowest BCUT2D eigenvalue weighted by Gasteiger charge is -2.20. The van der Waals surface area contributed by atoms with E-state index in [1.165, 1.54) is 18.4 Å². The second kappa shape index (κ2) is 4.46. The Morgan fingerprint density at radius 1 is 1.12 bits per heavy atom. The van der Waals surface area contributed by atoms with Crippen LogP contribution in [-0.2, 0) is 0 Å². The topological polar surface area (TPSA) is 17.0 Å². The zero-order valence-corrected chi connectivity index (χ0v) is 10.3. The van der Waals surface area contributed by atoms with E-state index < -0.39 is 0 Å². The first-order valence-electron chi connectivity index (χ1n) is 5.98. The van der Waals surface area contributed by atoms with Crippen LogP contribution in [0.15, 0.2) is 48.8 Å². The highest BCUT2D eigenvalue weighted by Crippen LogP contribution is 2.41. The molecule has 0 spiro atoms. The van der Waals surface area contributed by atoms with Gasteiger partial charge in [-0.2, -0.15) is 0 Å². The molecule has 1 heterocycles. The van der Waals surface area contributed by atoms with Gasteiger partial charge in [-0.15, -0.1) is 0 Å². The van der Waals surface area contributed by atoms with E-state index in [2.05, 4.69) is 17.6 Å². The number of rotatable bonds is 4. The van der Waals surface area contributed by atoms with Gasteiger partial charge in [0.15, 0.2) is 0 Å². The van der Waals surface area contributed by atoms with Crippen molar-refractivity contribution in [3.8, 4) is 0 Å². The number of halogens is 1. The van der Waals surface area contributed by atoms with Gasteiger partial charge in [-0.1, -0.05) is 23.7 Å². The maximum Gasteiger partial charge on any atom is 0.0701 e. The van der Waals surface area contributed by atoms with Gasteiger partial charge in [0, 0.05) is 17.4 Å². The number of benzene rings is 1. The van der Waals surface area contributed by atoms with Crippen LogP contribution in [0, 0.1) is 5.92 Å². The van der Waals surface area contributed by atoms with Gasteiger partial charge >= 0.3 is 0 Å². The summed E-state index contributed by atoms with van der Waals surface area (Å²) in [7, 11) is 0. The second-order valence-corrected chi connectivity index (χ2v) is 5.02. The third-order valence-corrected chi connectivity index (χ3v) is 3.47. The quantitative estimate of drug-likeness (QED) is 0.868. The van der Waals surface area contributed by atoms with E-state index in [0.717, 1.165) is 10.9 Å². The fraction of sp³-hybridized carbons (Fsp3) is 0.286. The third kappa shape index (κ3) is 2.47. The zero-order chi connectivity index (χ0) is 11.7. The molecule has 0 amide bonds. The lowest BCUT2D eigenvalue weighted by atomic mass is 10.0. The van der Waals surface area contributed by atoms with Gasteiger partial charge in [-0.05, 0) is 48.6 Å². The highest BCUT2D eigenvalue weighted by Gasteiger charge is 2.32. The summed E-state index contributed by atoms with van der Waals surface area (Å²) in [6, 6.07) is 12.6. The molecule has 1 atom stereocenters. The highest BCUT2D eigenvalue weighted by atomic mass is 35.5. The summed E-state index contributed by atoms with van der Waals surface area (Å²) < 4.78 is 2.03. The third-order valence-electron chi connectivity index (χ3n) is 3.22. The SMILES string of the molecule is Clc1ccc(C(Nn2cccc2)C2CC2)cc1. The molecular formula is C14H15ClN2. The van der Waals surface area contributed by atoms with Crippen molar-refractivity contribution in [2.24, 2.45) is 5.92 Å². The Labute approximate surface area is 106 Å². The number of aromatic nitrogens is 1. The van der Waals surface area contributed by atoms with Gasteiger partial charge in [0.05, 0.1) is 6.04 Å². The molecule has 1 unspecified atom stereocenters. The Morgan fingerprint density at radius 3 is 2.35 bits per heavy atom. The van der Waals surface area contributed by atoms with Crippen molar-refractivity contribution in [3.63, 3.8) is 0 Å². The minimum atomic E-state index is 0.389. The van der Waals surface area contributed by atoms with Gasteiger partial charge < -0.3 is 5.43 Å². The van der Waals surface area contributed by atoms with Crippen molar-refractivity contribution >= 4 is 11.6 Å². The number of nitrogens with one attached hydrogen (secondary N) is 1. The Balaban J connectivity index is 1.82. The van der Waals surface area contributed by atoms with Crippen LogP contribution in [0.4, 0.5) is 0 Å². The van der Waals surface area contributed by atoms with Crippen LogP contribution >= 0.6 is 11.6 Å². The summed E-state index contributed by atoms with van der Waals surface area (Å²) in [5.41, 5.74) is 4.84. The average Bonchev–Trinajstić information content (AvgIpc) is 3.05. The molecule has 3 rings (SSSR count). The van der Waals surface area contributed by atoms with Crippen LogP contribution in [0.3, 0.4) is 0 Å². The molecule has 0 radical (unpaired) electrons. The van der Waals surface area contributed by atoms with Crippen molar-refractivity contribution in [2.75, 3.05) is 5.43 Å². The Hall–Kier alpha value is -1.41. The van der Waals surface area contributed by atoms with E-state index in [1.54, 1.807) is 0 Å². The lowest BCUT2D eigenvalue weighted by Crippen LogP contribution is -2.21. The fourth-order valence-electron chi connectivity index (χ4n) is 2.13. The maximum atomic E-state index is 5.93. The maximum absolute atomic E-state index is 5.93. The standard InChI is InChI=1S/C14H15ClN2/c15-13-7-5-12(6-8-13)14(11-3-4-11)16-17-9-1-2-10-17/h1-2,5-11,14,16H,3-4H2. The monoisotopic (exact) mass is 246 g/mol. The lowest BCUT2D eigenvalue weighted by molar-refractivity contribution is 0.604. The van der Waals surface area contributed by atoms with Gasteiger partial charge in [0.25, 0.3) is 0 Å². The summed E-state index contributed by atoms with van der Waals surface area (Å²) in [5, 5.41) is 0.796. The summed E-state index contributed by atoms with van der Waals surface area (Å²) in [4.78, 5) is 0. The normalized spacial score (nSPS) is 16.8. The first kappa shape index (κ1) is 10.7. The molecule has 1 fully saturated rings. The second-order valence-electron chi connectivity index (χ2n) is 4.59. The van der Waals surface area contributed by atoms with Gasteiger partial charge in [-0.25, -0.2) is 0 Å². The molecule has 2 aromatic rings. The van der Waals surface area contributed by atoms with Crippen LogP contribution in [0.5, 0.6) is 0 Å². The summed E-state index contributed by atoms with van der Waals surface area (Å²) in [6.45, 7) is 0. The van der Waals surface area contributed by atoms with Crippen LogP contribution < -0.4 is 5.43 Å². The Morgan fingerprint density at radius 2 is 1.76 bits per heavy atom. The van der Waals surface area contributed by atoms with E-state index in [0.29, 0.717) is 6.04 Å². The van der Waals surface area contributed by atoms with E-state index in [4.69, 9.17) is 11.6 Å². The van der Waals surface area contributed by atoms with E-state index in [-0.39, 0.29) is 0 Å². The van der Waals surface area contributed by atoms with Gasteiger partial charge in [0.2, 0.25) is 0 Å². The van der Waals surface area contributed by atoms with Gasteiger partial charge in [-0.3, -0.25) is 4.68 Å². The summed E-state index contributed by atoms with van der Waals surface area (Å²) in [6.07, 6.45) is 6.68. The zero-order valence-electron chi connectivity index (χ0n) is 9.51. The fourth-order valence-corrected chi connectivity index (χ4v) is 2.26. The van der Waals surface area contributed by atoms with Crippen LogP contribution in [0.1, 0.15) is 24.4 Å². The Bertz CT molecular complexity index is 471. The van der Waals surface area contributed by atoms with Crippen LogP contribution in [0.25, 0.3) is 0 Å². The van der Waals surface area contributed by atoms with Crippen molar-refractivity contribution in [2.45, 2.75) is 18.9 Å². The molecule has 0 saturated heterocycles. The largest absolute Gasteiger partial charge is 0.319 e. The Kier molecular flexibility index (Phi) is 2.81. The first-order chi connectivity index (χ1) is 8.33. The smallest absolute Gasteiger partial charge is 0.0701 e. The molecular weight excluding hydrogens is 232 g/mol. The van der Waals surface area contributed by atoms with Crippen LogP contribution in [-0.4, -0.2) is 4.68 Å². The average molecular weight is 247 g/mol. The van der Waals surface area contributed by atoms with E-state index in [1.807, 2.05) is 41.3 Å². The van der Waals surface area contributed by atoms with Crippen molar-refractivity contribution in [1.82, 2.24) is 4.68 Å². The van der Waals surface area contributed by atoms with Gasteiger partial charge in [0.1, 0.15) is 0 Å². The molecule has 88 valence electrons. The van der Waals surface area contributed by atoms with E-state index >= 15 is 0 Å². The molecule has 1 aliphatic rings. The van der Waals surface area contributed by atoms with Crippen molar-refractivity contribution in [1.29, 1.82) is 0 Å². The molecule has 1 aromatic carbocycles. The predicted molar refractivity (Wildman–Crippen MR) is 70.7 cm³/mol. The number of hydrogen-bond donors (Lipinski definition) is 1. The minimum Gasteiger partial charge on any atom is -0.319 e. The van der Waals surface area contributed by atoms with Crippen molar-refractivity contribution in [3.05, 3.63) is 59.4 Å². The van der Waals surface area contributed by atoms with Crippen molar-refractivity contribution < 1.29 is 0 Å². The number of nitrogens with zero attached hydrogens (tertiary/aromatic N) is 1. The summed E-state index contributed by atoms with van der Waals surface area (Å²) >= 11 is 5.93. The molecule has 1 N–H and O–H groups in total. The predicted octanol–water partition coefficient (Wildman–Crippen LogP) is 3.84. The number of hydrogen-bond acceptors (Lipinski definition) is 1.